The van der Waals surface area contributed by atoms with E-state index in [4.69, 9.17) is 9.72 Å². The lowest BCUT2D eigenvalue weighted by molar-refractivity contribution is 0.0661. The number of ether oxygens (including phenoxy) is 1. The number of likely N-dealkylation sites (N-methyl/N-ethyl adjacent to an activating group) is 1. The van der Waals surface area contributed by atoms with Crippen molar-refractivity contribution in [2.24, 2.45) is 0 Å². The first-order valence-electron chi connectivity index (χ1n) is 13.2. The SMILES string of the molecule is COc1cc(Nc2nc(NCc3ccccc3N(C)S(C)(=O)=O)c3cc[nH]c3n2)ccc1C(=O)N1CCN(C)CC1. The number of aromatic amines is 1. The molecule has 216 valence electrons. The monoisotopic (exact) mass is 578 g/mol. The van der Waals surface area contributed by atoms with Crippen LogP contribution in [0.5, 0.6) is 5.75 Å². The number of hydrogen-bond acceptors (Lipinski definition) is 9. The number of rotatable bonds is 9. The van der Waals surface area contributed by atoms with Crippen molar-refractivity contribution in [3.63, 3.8) is 0 Å². The van der Waals surface area contributed by atoms with Gasteiger partial charge in [-0.15, -0.1) is 0 Å². The minimum atomic E-state index is -3.42. The Hall–Kier alpha value is -4.36. The van der Waals surface area contributed by atoms with Crippen LogP contribution < -0.4 is 19.7 Å². The first-order valence-corrected chi connectivity index (χ1v) is 15.0. The van der Waals surface area contributed by atoms with E-state index in [0.29, 0.717) is 59.7 Å². The van der Waals surface area contributed by atoms with E-state index in [-0.39, 0.29) is 5.91 Å². The number of fused-ring (bicyclic) bond motifs is 1. The molecule has 0 unspecified atom stereocenters. The molecule has 4 aromatic rings. The van der Waals surface area contributed by atoms with Crippen molar-refractivity contribution in [1.82, 2.24) is 24.8 Å². The Balaban J connectivity index is 1.37. The second-order valence-electron chi connectivity index (χ2n) is 9.98. The van der Waals surface area contributed by atoms with Crippen LogP contribution in [0.2, 0.25) is 0 Å². The molecule has 0 saturated carbocycles. The molecule has 41 heavy (non-hydrogen) atoms. The number of nitrogens with one attached hydrogen (secondary N) is 3. The fourth-order valence-corrected chi connectivity index (χ4v) is 5.25. The van der Waals surface area contributed by atoms with Gasteiger partial charge in [-0.25, -0.2) is 8.42 Å². The Morgan fingerprint density at radius 2 is 1.85 bits per heavy atom. The molecule has 5 rings (SSSR count). The standard InChI is InChI=1S/C28H34N8O4S/c1-34-13-15-36(16-14-34)27(37)21-10-9-20(17-24(21)40-3)31-28-32-25-22(11-12-29-25)26(33-28)30-18-19-7-5-6-8-23(19)35(2)41(4,38)39/h5-12,17H,13-16,18H2,1-4H3,(H3,29,30,31,32,33). The molecule has 1 aliphatic heterocycles. The molecule has 3 heterocycles. The highest BCUT2D eigenvalue weighted by molar-refractivity contribution is 7.92. The molecule has 12 nitrogen and oxygen atoms in total. The van der Waals surface area contributed by atoms with Gasteiger partial charge in [0.05, 0.1) is 30.0 Å². The molecule has 2 aromatic carbocycles. The van der Waals surface area contributed by atoms with Crippen LogP contribution in [0.1, 0.15) is 15.9 Å². The lowest BCUT2D eigenvalue weighted by Gasteiger charge is -2.32. The van der Waals surface area contributed by atoms with Gasteiger partial charge in [-0.2, -0.15) is 9.97 Å². The number of anilines is 4. The van der Waals surface area contributed by atoms with Crippen molar-refractivity contribution in [3.05, 3.63) is 65.9 Å². The van der Waals surface area contributed by atoms with Crippen LogP contribution in [0, 0.1) is 0 Å². The number of benzene rings is 2. The predicted octanol–water partition coefficient (Wildman–Crippen LogP) is 3.11. The summed E-state index contributed by atoms with van der Waals surface area (Å²) in [6, 6.07) is 14.5. The molecule has 1 amide bonds. The Bertz CT molecular complexity index is 1660. The van der Waals surface area contributed by atoms with Gasteiger partial charge in [0.15, 0.2) is 0 Å². The zero-order valence-corrected chi connectivity index (χ0v) is 24.3. The zero-order valence-electron chi connectivity index (χ0n) is 23.5. The van der Waals surface area contributed by atoms with Crippen LogP contribution >= 0.6 is 0 Å². The number of amides is 1. The normalized spacial score (nSPS) is 14.2. The van der Waals surface area contributed by atoms with Gasteiger partial charge in [-0.1, -0.05) is 18.2 Å². The van der Waals surface area contributed by atoms with E-state index in [1.54, 1.807) is 43.6 Å². The van der Waals surface area contributed by atoms with Crippen molar-refractivity contribution in [3.8, 4) is 5.75 Å². The van der Waals surface area contributed by atoms with Gasteiger partial charge in [0.2, 0.25) is 16.0 Å². The highest BCUT2D eigenvalue weighted by Gasteiger charge is 2.23. The van der Waals surface area contributed by atoms with Crippen LogP contribution in [0.15, 0.2) is 54.7 Å². The molecule has 0 spiro atoms. The average Bonchev–Trinajstić information content (AvgIpc) is 3.44. The van der Waals surface area contributed by atoms with Crippen molar-refractivity contribution < 1.29 is 17.9 Å². The van der Waals surface area contributed by atoms with Crippen molar-refractivity contribution in [2.75, 3.05) is 68.6 Å². The van der Waals surface area contributed by atoms with Crippen LogP contribution in [-0.4, -0.2) is 92.7 Å². The number of para-hydroxylation sites is 1. The van der Waals surface area contributed by atoms with Crippen LogP contribution in [0.4, 0.5) is 23.1 Å². The van der Waals surface area contributed by atoms with Gasteiger partial charge in [-0.3, -0.25) is 9.10 Å². The van der Waals surface area contributed by atoms with Gasteiger partial charge in [-0.05, 0) is 36.9 Å². The third-order valence-electron chi connectivity index (χ3n) is 7.17. The quantitative estimate of drug-likeness (QED) is 0.274. The molecule has 3 N–H and O–H groups in total. The van der Waals surface area contributed by atoms with Crippen molar-refractivity contribution >= 4 is 50.1 Å². The largest absolute Gasteiger partial charge is 0.496 e. The molecule has 0 aliphatic carbocycles. The number of carbonyl (C=O) groups excluding carboxylic acids is 1. The van der Waals surface area contributed by atoms with E-state index in [1.165, 1.54) is 17.6 Å². The van der Waals surface area contributed by atoms with Gasteiger partial charge in [0.1, 0.15) is 17.2 Å². The molecule has 2 aromatic heterocycles. The highest BCUT2D eigenvalue weighted by atomic mass is 32.2. The maximum atomic E-state index is 13.2. The van der Waals surface area contributed by atoms with E-state index in [1.807, 2.05) is 30.1 Å². The summed E-state index contributed by atoms with van der Waals surface area (Å²) in [7, 11) is 1.70. The first-order chi connectivity index (χ1) is 19.6. The Kier molecular flexibility index (Phi) is 7.99. The number of aromatic nitrogens is 3. The van der Waals surface area contributed by atoms with Crippen LogP contribution in [-0.2, 0) is 16.6 Å². The molecule has 13 heteroatoms. The fourth-order valence-electron chi connectivity index (χ4n) is 4.71. The van der Waals surface area contributed by atoms with Crippen LogP contribution in [0.3, 0.4) is 0 Å². The third kappa shape index (κ3) is 6.20. The predicted molar refractivity (Wildman–Crippen MR) is 161 cm³/mol. The highest BCUT2D eigenvalue weighted by Crippen LogP contribution is 2.29. The van der Waals surface area contributed by atoms with E-state index in [2.05, 4.69) is 25.5 Å². The Labute approximate surface area is 239 Å². The Morgan fingerprint density at radius 3 is 2.59 bits per heavy atom. The molecule has 1 fully saturated rings. The van der Waals surface area contributed by atoms with Crippen LogP contribution in [0.25, 0.3) is 11.0 Å². The van der Waals surface area contributed by atoms with Gasteiger partial charge in [0.25, 0.3) is 5.91 Å². The van der Waals surface area contributed by atoms with Gasteiger partial charge in [0, 0.05) is 57.7 Å². The fraction of sp³-hybridized carbons (Fsp3) is 0.321. The summed E-state index contributed by atoms with van der Waals surface area (Å²) in [6.45, 7) is 3.36. The smallest absolute Gasteiger partial charge is 0.257 e. The molecule has 1 saturated heterocycles. The van der Waals surface area contributed by atoms with Crippen molar-refractivity contribution in [1.29, 1.82) is 0 Å². The summed E-state index contributed by atoms with van der Waals surface area (Å²) >= 11 is 0. The number of carbonyl (C=O) groups is 1. The molecule has 0 radical (unpaired) electrons. The maximum Gasteiger partial charge on any atom is 0.257 e. The summed E-state index contributed by atoms with van der Waals surface area (Å²) in [5, 5.41) is 7.34. The summed E-state index contributed by atoms with van der Waals surface area (Å²) < 4.78 is 31.1. The molecular formula is C28H34N8O4S. The average molecular weight is 579 g/mol. The topological polar surface area (TPSA) is 136 Å². The van der Waals surface area contributed by atoms with E-state index in [9.17, 15) is 13.2 Å². The number of nitrogens with zero attached hydrogens (tertiary/aromatic N) is 5. The minimum Gasteiger partial charge on any atom is -0.496 e. The third-order valence-corrected chi connectivity index (χ3v) is 8.36. The summed E-state index contributed by atoms with van der Waals surface area (Å²) in [6.07, 6.45) is 2.95. The first kappa shape index (κ1) is 28.2. The number of H-pyrrole nitrogens is 1. The zero-order chi connectivity index (χ0) is 29.1. The van der Waals surface area contributed by atoms with Gasteiger partial charge >= 0.3 is 0 Å². The minimum absolute atomic E-state index is 0.0566. The number of methoxy groups -OCH3 is 1. The summed E-state index contributed by atoms with van der Waals surface area (Å²) in [5.74, 6) is 1.32. The lowest BCUT2D eigenvalue weighted by Crippen LogP contribution is -2.47. The van der Waals surface area contributed by atoms with E-state index < -0.39 is 10.0 Å². The number of hydrogen-bond donors (Lipinski definition) is 3. The molecule has 1 aliphatic rings. The van der Waals surface area contributed by atoms with Gasteiger partial charge < -0.3 is 30.2 Å². The number of sulfonamides is 1. The maximum absolute atomic E-state index is 13.2. The summed E-state index contributed by atoms with van der Waals surface area (Å²) in [4.78, 5) is 29.6. The van der Waals surface area contributed by atoms with E-state index in [0.717, 1.165) is 24.0 Å². The lowest BCUT2D eigenvalue weighted by atomic mass is 10.1. The molecule has 0 atom stereocenters. The second-order valence-corrected chi connectivity index (χ2v) is 12.0. The molecule has 0 bridgehead atoms. The van der Waals surface area contributed by atoms with E-state index >= 15 is 0 Å². The summed E-state index contributed by atoms with van der Waals surface area (Å²) in [5.41, 5.74) is 3.17. The van der Waals surface area contributed by atoms with Crippen molar-refractivity contribution in [2.45, 2.75) is 6.54 Å². The Morgan fingerprint density at radius 1 is 1.10 bits per heavy atom. The number of piperazine rings is 1. The second kappa shape index (κ2) is 11.6. The molecular weight excluding hydrogens is 544 g/mol.